The Morgan fingerprint density at radius 1 is 1.35 bits per heavy atom. The number of hydrogen-bond donors (Lipinski definition) is 1. The van der Waals surface area contributed by atoms with Crippen LogP contribution in [0, 0.1) is 0 Å². The van der Waals surface area contributed by atoms with Gasteiger partial charge in [0.05, 0.1) is 5.01 Å². The van der Waals surface area contributed by atoms with Crippen LogP contribution in [0.25, 0.3) is 0 Å². The van der Waals surface area contributed by atoms with Gasteiger partial charge < -0.3 is 5.11 Å². The van der Waals surface area contributed by atoms with E-state index in [1.54, 1.807) is 5.38 Å². The van der Waals surface area contributed by atoms with Crippen molar-refractivity contribution in [3.63, 3.8) is 0 Å². The third-order valence-electron chi connectivity index (χ3n) is 3.11. The summed E-state index contributed by atoms with van der Waals surface area (Å²) in [5.41, 5.74) is 1.44. The third kappa shape index (κ3) is 4.15. The SMILES string of the molecule is CCN(CCc1nc(C(=O)O)cs1)Cc1ccccc1. The summed E-state index contributed by atoms with van der Waals surface area (Å²) >= 11 is 1.42. The van der Waals surface area contributed by atoms with Gasteiger partial charge in [0.25, 0.3) is 0 Å². The van der Waals surface area contributed by atoms with E-state index in [9.17, 15) is 4.79 Å². The first-order valence-corrected chi connectivity index (χ1v) is 7.51. The molecule has 5 heteroatoms. The molecule has 1 aromatic heterocycles. The van der Waals surface area contributed by atoms with Crippen molar-refractivity contribution in [3.05, 3.63) is 52.0 Å². The highest BCUT2D eigenvalue weighted by Gasteiger charge is 2.10. The van der Waals surface area contributed by atoms with Gasteiger partial charge in [-0.1, -0.05) is 37.3 Å². The molecule has 2 aromatic rings. The normalized spacial score (nSPS) is 10.9. The fraction of sp³-hybridized carbons (Fsp3) is 0.333. The molecule has 0 aliphatic heterocycles. The lowest BCUT2D eigenvalue weighted by Gasteiger charge is -2.19. The number of carboxylic acids is 1. The number of thiazole rings is 1. The molecule has 0 radical (unpaired) electrons. The van der Waals surface area contributed by atoms with Gasteiger partial charge in [-0.2, -0.15) is 0 Å². The lowest BCUT2D eigenvalue weighted by atomic mass is 10.2. The zero-order valence-corrected chi connectivity index (χ0v) is 12.3. The van der Waals surface area contributed by atoms with Crippen LogP contribution >= 0.6 is 11.3 Å². The summed E-state index contributed by atoms with van der Waals surface area (Å²) in [6.07, 6.45) is 0.790. The van der Waals surface area contributed by atoms with E-state index in [2.05, 4.69) is 28.9 Å². The number of carboxylic acid groups (broad SMARTS) is 1. The lowest BCUT2D eigenvalue weighted by Crippen LogP contribution is -2.25. The summed E-state index contributed by atoms with van der Waals surface area (Å²) in [5, 5.41) is 11.3. The Hall–Kier alpha value is -1.72. The van der Waals surface area contributed by atoms with E-state index < -0.39 is 5.97 Å². The molecule has 0 spiro atoms. The Morgan fingerprint density at radius 2 is 2.10 bits per heavy atom. The molecule has 0 saturated carbocycles. The van der Waals surface area contributed by atoms with Crippen LogP contribution in [0.1, 0.15) is 28.0 Å². The van der Waals surface area contributed by atoms with Gasteiger partial charge in [0.2, 0.25) is 0 Å². The average molecular weight is 290 g/mol. The Labute approximate surface area is 122 Å². The standard InChI is InChI=1S/C15H18N2O2S/c1-2-17(10-12-6-4-3-5-7-12)9-8-14-16-13(11-20-14)15(18)19/h3-7,11H,2,8-10H2,1H3,(H,18,19). The van der Waals surface area contributed by atoms with E-state index in [0.717, 1.165) is 31.1 Å². The van der Waals surface area contributed by atoms with Crippen molar-refractivity contribution in [1.29, 1.82) is 0 Å². The first-order chi connectivity index (χ1) is 9.69. The van der Waals surface area contributed by atoms with Crippen molar-refractivity contribution in [1.82, 2.24) is 9.88 Å². The van der Waals surface area contributed by atoms with Crippen LogP contribution in [0.4, 0.5) is 0 Å². The van der Waals surface area contributed by atoms with E-state index in [1.807, 2.05) is 18.2 Å². The highest BCUT2D eigenvalue weighted by molar-refractivity contribution is 7.09. The van der Waals surface area contributed by atoms with Gasteiger partial charge in [-0.25, -0.2) is 9.78 Å². The fourth-order valence-electron chi connectivity index (χ4n) is 1.97. The molecule has 2 rings (SSSR count). The number of likely N-dealkylation sites (N-methyl/N-ethyl adjacent to an activating group) is 1. The average Bonchev–Trinajstić information content (AvgIpc) is 2.93. The lowest BCUT2D eigenvalue weighted by molar-refractivity contribution is 0.0691. The van der Waals surface area contributed by atoms with Gasteiger partial charge in [0.15, 0.2) is 5.69 Å². The van der Waals surface area contributed by atoms with E-state index in [4.69, 9.17) is 5.11 Å². The van der Waals surface area contributed by atoms with Crippen LogP contribution in [-0.2, 0) is 13.0 Å². The van der Waals surface area contributed by atoms with E-state index in [1.165, 1.54) is 16.9 Å². The Kier molecular flexibility index (Phi) is 5.26. The molecule has 0 bridgehead atoms. The van der Waals surface area contributed by atoms with Crippen molar-refractivity contribution >= 4 is 17.3 Å². The quantitative estimate of drug-likeness (QED) is 0.852. The second-order valence-corrected chi connectivity index (χ2v) is 5.48. The van der Waals surface area contributed by atoms with Gasteiger partial charge in [-0.15, -0.1) is 11.3 Å². The second kappa shape index (κ2) is 7.17. The number of hydrogen-bond acceptors (Lipinski definition) is 4. The predicted molar refractivity (Wildman–Crippen MR) is 80.2 cm³/mol. The topological polar surface area (TPSA) is 53.4 Å². The first-order valence-electron chi connectivity index (χ1n) is 6.63. The molecule has 1 aromatic carbocycles. The Morgan fingerprint density at radius 3 is 2.70 bits per heavy atom. The molecule has 106 valence electrons. The largest absolute Gasteiger partial charge is 0.476 e. The molecule has 0 unspecified atom stereocenters. The minimum absolute atomic E-state index is 0.149. The third-order valence-corrected chi connectivity index (χ3v) is 4.02. The zero-order chi connectivity index (χ0) is 14.4. The Bertz CT molecular complexity index is 554. The van der Waals surface area contributed by atoms with E-state index in [-0.39, 0.29) is 5.69 Å². The van der Waals surface area contributed by atoms with Crippen LogP contribution in [0.15, 0.2) is 35.7 Å². The minimum atomic E-state index is -0.955. The van der Waals surface area contributed by atoms with Crippen LogP contribution in [-0.4, -0.2) is 34.0 Å². The smallest absolute Gasteiger partial charge is 0.355 e. The highest BCUT2D eigenvalue weighted by Crippen LogP contribution is 2.12. The number of aromatic carboxylic acids is 1. The highest BCUT2D eigenvalue weighted by atomic mass is 32.1. The van der Waals surface area contributed by atoms with E-state index in [0.29, 0.717) is 0 Å². The summed E-state index contributed by atoms with van der Waals surface area (Å²) in [6, 6.07) is 10.3. The van der Waals surface area contributed by atoms with Crippen LogP contribution in [0.3, 0.4) is 0 Å². The maximum Gasteiger partial charge on any atom is 0.355 e. The van der Waals surface area contributed by atoms with Crippen molar-refractivity contribution in [2.24, 2.45) is 0 Å². The first kappa shape index (κ1) is 14.7. The number of nitrogens with zero attached hydrogens (tertiary/aromatic N) is 2. The van der Waals surface area contributed by atoms with Crippen LogP contribution in [0.2, 0.25) is 0 Å². The minimum Gasteiger partial charge on any atom is -0.476 e. The van der Waals surface area contributed by atoms with Crippen molar-refractivity contribution in [3.8, 4) is 0 Å². The molecule has 0 saturated heterocycles. The van der Waals surface area contributed by atoms with Gasteiger partial charge in [-0.05, 0) is 12.1 Å². The van der Waals surface area contributed by atoms with Gasteiger partial charge in [0, 0.05) is 24.9 Å². The maximum absolute atomic E-state index is 10.8. The van der Waals surface area contributed by atoms with Gasteiger partial charge >= 0.3 is 5.97 Å². The fourth-order valence-corrected chi connectivity index (χ4v) is 2.73. The summed E-state index contributed by atoms with van der Waals surface area (Å²) in [4.78, 5) is 17.2. The van der Waals surface area contributed by atoms with Gasteiger partial charge in [-0.3, -0.25) is 4.90 Å². The molecule has 0 fully saturated rings. The molecule has 0 aliphatic rings. The van der Waals surface area contributed by atoms with Crippen molar-refractivity contribution in [2.45, 2.75) is 19.9 Å². The number of benzene rings is 1. The molecule has 1 heterocycles. The monoisotopic (exact) mass is 290 g/mol. The molecule has 0 amide bonds. The number of aromatic nitrogens is 1. The Balaban J connectivity index is 1.88. The van der Waals surface area contributed by atoms with Crippen LogP contribution in [0.5, 0.6) is 0 Å². The molecular formula is C15H18N2O2S. The molecule has 0 aliphatic carbocycles. The van der Waals surface area contributed by atoms with Crippen molar-refractivity contribution in [2.75, 3.05) is 13.1 Å². The summed E-state index contributed by atoms with van der Waals surface area (Å²) in [6.45, 7) is 4.89. The summed E-state index contributed by atoms with van der Waals surface area (Å²) < 4.78 is 0. The molecule has 4 nitrogen and oxygen atoms in total. The maximum atomic E-state index is 10.8. The molecule has 20 heavy (non-hydrogen) atoms. The molecular weight excluding hydrogens is 272 g/mol. The number of rotatable bonds is 7. The zero-order valence-electron chi connectivity index (χ0n) is 11.5. The predicted octanol–water partition coefficient (Wildman–Crippen LogP) is 2.91. The molecule has 0 atom stereocenters. The summed E-state index contributed by atoms with van der Waals surface area (Å²) in [5.74, 6) is -0.955. The number of carbonyl (C=O) groups is 1. The van der Waals surface area contributed by atoms with E-state index >= 15 is 0 Å². The van der Waals surface area contributed by atoms with Crippen molar-refractivity contribution < 1.29 is 9.90 Å². The second-order valence-electron chi connectivity index (χ2n) is 4.54. The van der Waals surface area contributed by atoms with Crippen LogP contribution < -0.4 is 0 Å². The summed E-state index contributed by atoms with van der Waals surface area (Å²) in [7, 11) is 0. The van der Waals surface area contributed by atoms with Gasteiger partial charge in [0.1, 0.15) is 0 Å². The molecule has 1 N–H and O–H groups in total.